The number of hydrogen-bond donors (Lipinski definition) is 3. The summed E-state index contributed by atoms with van der Waals surface area (Å²) in [5, 5.41) is 6.75. The van der Waals surface area contributed by atoms with Gasteiger partial charge in [-0.3, -0.25) is 4.79 Å². The fraction of sp³-hybridized carbons (Fsp3) is 0.409. The molecule has 4 nitrogen and oxygen atoms in total. The first-order chi connectivity index (χ1) is 12.7. The van der Waals surface area contributed by atoms with Crippen LogP contribution in [-0.2, 0) is 17.6 Å². The van der Waals surface area contributed by atoms with Crippen LogP contribution in [0.25, 0.3) is 0 Å². The molecule has 3 rings (SSSR count). The van der Waals surface area contributed by atoms with E-state index in [1.165, 1.54) is 5.56 Å². The molecule has 1 amide bonds. The van der Waals surface area contributed by atoms with E-state index in [-0.39, 0.29) is 17.4 Å². The summed E-state index contributed by atoms with van der Waals surface area (Å²) in [6.45, 7) is 2.51. The molecule has 0 spiro atoms. The predicted molar refractivity (Wildman–Crippen MR) is 106 cm³/mol. The van der Waals surface area contributed by atoms with Crippen LogP contribution in [0, 0.1) is 5.41 Å². The number of nitrogens with one attached hydrogen (secondary N) is 2. The average Bonchev–Trinajstić information content (AvgIpc) is 2.69. The molecule has 2 aromatic carbocycles. The van der Waals surface area contributed by atoms with Gasteiger partial charge in [-0.15, -0.1) is 0 Å². The maximum Gasteiger partial charge on any atom is 0.224 e. The van der Waals surface area contributed by atoms with Crippen molar-refractivity contribution in [3.05, 3.63) is 71.8 Å². The van der Waals surface area contributed by atoms with Crippen LogP contribution in [-0.4, -0.2) is 31.6 Å². The van der Waals surface area contributed by atoms with Gasteiger partial charge in [-0.05, 0) is 43.5 Å². The summed E-state index contributed by atoms with van der Waals surface area (Å²) in [5.41, 5.74) is 8.47. The molecule has 1 fully saturated rings. The molecule has 138 valence electrons. The average molecular weight is 351 g/mol. The number of hydrogen-bond acceptors (Lipinski definition) is 3. The highest BCUT2D eigenvalue weighted by atomic mass is 16.1. The number of nitrogens with two attached hydrogens (primary N) is 1. The Kier molecular flexibility index (Phi) is 6.42. The van der Waals surface area contributed by atoms with Gasteiger partial charge in [0.25, 0.3) is 0 Å². The zero-order valence-corrected chi connectivity index (χ0v) is 15.3. The monoisotopic (exact) mass is 351 g/mol. The summed E-state index contributed by atoms with van der Waals surface area (Å²) in [5.74, 6) is 0.0727. The summed E-state index contributed by atoms with van der Waals surface area (Å²) < 4.78 is 0. The van der Waals surface area contributed by atoms with E-state index < -0.39 is 0 Å². The van der Waals surface area contributed by atoms with Crippen molar-refractivity contribution in [2.45, 2.75) is 31.7 Å². The Morgan fingerprint density at radius 1 is 1.00 bits per heavy atom. The molecule has 4 heteroatoms. The second-order valence-electron chi connectivity index (χ2n) is 7.29. The van der Waals surface area contributed by atoms with Crippen molar-refractivity contribution < 1.29 is 4.79 Å². The number of carbonyl (C=O) groups excluding carboxylic acids is 1. The van der Waals surface area contributed by atoms with Crippen LogP contribution in [0.15, 0.2) is 60.7 Å². The van der Waals surface area contributed by atoms with Crippen molar-refractivity contribution in [3.8, 4) is 0 Å². The minimum absolute atomic E-state index is 0.0482. The third-order valence-electron chi connectivity index (χ3n) is 5.57. The molecular formula is C22H29N3O. The molecule has 1 unspecified atom stereocenters. The Morgan fingerprint density at radius 3 is 2.15 bits per heavy atom. The molecule has 0 saturated carbocycles. The van der Waals surface area contributed by atoms with E-state index in [9.17, 15) is 4.79 Å². The number of amides is 1. The molecule has 0 bridgehead atoms. The second kappa shape index (κ2) is 8.97. The lowest BCUT2D eigenvalue weighted by Crippen LogP contribution is -2.56. The molecule has 4 N–H and O–H groups in total. The number of benzene rings is 2. The number of piperidine rings is 1. The fourth-order valence-electron chi connectivity index (χ4n) is 3.92. The van der Waals surface area contributed by atoms with Crippen molar-refractivity contribution in [3.63, 3.8) is 0 Å². The third kappa shape index (κ3) is 4.71. The predicted octanol–water partition coefficient (Wildman–Crippen LogP) is 2.29. The van der Waals surface area contributed by atoms with Crippen molar-refractivity contribution in [1.82, 2.24) is 10.6 Å². The van der Waals surface area contributed by atoms with Crippen LogP contribution in [0.4, 0.5) is 0 Å². The standard InChI is InChI=1S/C22H29N3O/c23-17-22(11-13-24-14-12-22)20(15-18-7-3-1-4-8-18)25-21(26)16-19-9-5-2-6-10-19/h1-10,20,24H,11-17,23H2,(H,25,26). The van der Waals surface area contributed by atoms with Gasteiger partial charge in [0.1, 0.15) is 0 Å². The van der Waals surface area contributed by atoms with Crippen LogP contribution in [0.2, 0.25) is 0 Å². The molecule has 1 aliphatic heterocycles. The Morgan fingerprint density at radius 2 is 1.58 bits per heavy atom. The molecule has 1 aliphatic rings. The van der Waals surface area contributed by atoms with Gasteiger partial charge in [0.15, 0.2) is 0 Å². The largest absolute Gasteiger partial charge is 0.352 e. The van der Waals surface area contributed by atoms with Gasteiger partial charge >= 0.3 is 0 Å². The van der Waals surface area contributed by atoms with E-state index in [2.05, 4.69) is 34.9 Å². The Bertz CT molecular complexity index is 681. The van der Waals surface area contributed by atoms with E-state index in [0.717, 1.165) is 37.9 Å². The van der Waals surface area contributed by atoms with Crippen molar-refractivity contribution in [2.24, 2.45) is 11.1 Å². The van der Waals surface area contributed by atoms with Crippen molar-refractivity contribution in [2.75, 3.05) is 19.6 Å². The quantitative estimate of drug-likeness (QED) is 0.717. The van der Waals surface area contributed by atoms with Crippen molar-refractivity contribution >= 4 is 5.91 Å². The highest BCUT2D eigenvalue weighted by Crippen LogP contribution is 2.33. The summed E-state index contributed by atoms with van der Waals surface area (Å²) in [7, 11) is 0. The zero-order valence-electron chi connectivity index (χ0n) is 15.3. The van der Waals surface area contributed by atoms with Crippen LogP contribution in [0.5, 0.6) is 0 Å². The Balaban J connectivity index is 1.76. The Labute approximate surface area is 156 Å². The highest BCUT2D eigenvalue weighted by Gasteiger charge is 2.39. The van der Waals surface area contributed by atoms with Gasteiger partial charge < -0.3 is 16.4 Å². The van der Waals surface area contributed by atoms with E-state index >= 15 is 0 Å². The van der Waals surface area contributed by atoms with Crippen LogP contribution in [0.3, 0.4) is 0 Å². The summed E-state index contributed by atoms with van der Waals surface area (Å²) in [6.07, 6.45) is 3.21. The molecular weight excluding hydrogens is 322 g/mol. The zero-order chi connectivity index (χ0) is 18.2. The summed E-state index contributed by atoms with van der Waals surface area (Å²) in [4.78, 5) is 12.7. The van der Waals surface area contributed by atoms with Crippen molar-refractivity contribution in [1.29, 1.82) is 0 Å². The lowest BCUT2D eigenvalue weighted by molar-refractivity contribution is -0.122. The maximum absolute atomic E-state index is 12.7. The van der Waals surface area contributed by atoms with Gasteiger partial charge in [0, 0.05) is 18.0 Å². The van der Waals surface area contributed by atoms with Gasteiger partial charge in [-0.1, -0.05) is 60.7 Å². The molecule has 1 saturated heterocycles. The third-order valence-corrected chi connectivity index (χ3v) is 5.57. The number of rotatable bonds is 7. The normalized spacial score (nSPS) is 17.4. The van der Waals surface area contributed by atoms with Gasteiger partial charge in [0.05, 0.1) is 6.42 Å². The van der Waals surface area contributed by atoms with E-state index in [1.54, 1.807) is 0 Å². The first-order valence-electron chi connectivity index (χ1n) is 9.50. The molecule has 1 atom stereocenters. The molecule has 2 aromatic rings. The molecule has 0 radical (unpaired) electrons. The summed E-state index contributed by atoms with van der Waals surface area (Å²) in [6, 6.07) is 20.3. The lowest BCUT2D eigenvalue weighted by atomic mass is 9.70. The second-order valence-corrected chi connectivity index (χ2v) is 7.29. The SMILES string of the molecule is NCC1(C(Cc2ccccc2)NC(=O)Cc2ccccc2)CCNCC1. The van der Waals surface area contributed by atoms with Gasteiger partial charge in [-0.2, -0.15) is 0 Å². The highest BCUT2D eigenvalue weighted by molar-refractivity contribution is 5.79. The summed E-state index contributed by atoms with van der Waals surface area (Å²) >= 11 is 0. The minimum atomic E-state index is -0.0482. The number of carbonyl (C=O) groups is 1. The lowest BCUT2D eigenvalue weighted by Gasteiger charge is -2.43. The van der Waals surface area contributed by atoms with Gasteiger partial charge in [-0.25, -0.2) is 0 Å². The Hall–Kier alpha value is -2.17. The van der Waals surface area contributed by atoms with E-state index in [4.69, 9.17) is 5.73 Å². The van der Waals surface area contributed by atoms with Crippen LogP contribution < -0.4 is 16.4 Å². The van der Waals surface area contributed by atoms with Gasteiger partial charge in [0.2, 0.25) is 5.91 Å². The first kappa shape index (κ1) is 18.6. The molecule has 0 aromatic heterocycles. The van der Waals surface area contributed by atoms with E-state index in [1.807, 2.05) is 36.4 Å². The first-order valence-corrected chi connectivity index (χ1v) is 9.50. The van der Waals surface area contributed by atoms with Crippen LogP contribution in [0.1, 0.15) is 24.0 Å². The topological polar surface area (TPSA) is 67.1 Å². The molecule has 0 aliphatic carbocycles. The molecule has 26 heavy (non-hydrogen) atoms. The smallest absolute Gasteiger partial charge is 0.224 e. The van der Waals surface area contributed by atoms with Crippen LogP contribution >= 0.6 is 0 Å². The fourth-order valence-corrected chi connectivity index (χ4v) is 3.92. The minimum Gasteiger partial charge on any atom is -0.352 e. The maximum atomic E-state index is 12.7. The van der Waals surface area contributed by atoms with E-state index in [0.29, 0.717) is 13.0 Å². The molecule has 1 heterocycles.